The van der Waals surface area contributed by atoms with Crippen LogP contribution in [-0.2, 0) is 11.2 Å². The van der Waals surface area contributed by atoms with Gasteiger partial charge in [0.25, 0.3) is 0 Å². The van der Waals surface area contributed by atoms with Gasteiger partial charge in [-0.25, -0.2) is 13.6 Å². The van der Waals surface area contributed by atoms with E-state index in [0.29, 0.717) is 17.5 Å². The van der Waals surface area contributed by atoms with E-state index >= 15 is 0 Å². The smallest absolute Gasteiger partial charge is 0.338 e. The third-order valence-electron chi connectivity index (χ3n) is 3.24. The molecule has 4 heteroatoms. The molecule has 2 aromatic rings. The minimum absolute atomic E-state index is 0.0873. The van der Waals surface area contributed by atoms with Crippen molar-refractivity contribution >= 4 is 5.97 Å². The average molecular weight is 326 g/mol. The molecule has 0 spiro atoms. The van der Waals surface area contributed by atoms with Crippen molar-refractivity contribution in [1.29, 1.82) is 0 Å². The van der Waals surface area contributed by atoms with E-state index in [1.54, 1.807) is 31.2 Å². The van der Waals surface area contributed by atoms with E-state index < -0.39 is 17.6 Å². The maximum absolute atomic E-state index is 13.6. The number of ether oxygens (including phenoxy) is 1. The van der Waals surface area contributed by atoms with Crippen molar-refractivity contribution < 1.29 is 18.3 Å². The zero-order valence-electron chi connectivity index (χ0n) is 13.2. The highest BCUT2D eigenvalue weighted by Crippen LogP contribution is 2.15. The van der Waals surface area contributed by atoms with Gasteiger partial charge in [0, 0.05) is 11.6 Å². The predicted molar refractivity (Wildman–Crippen MR) is 88.6 cm³/mol. The van der Waals surface area contributed by atoms with Gasteiger partial charge in [0.05, 0.1) is 17.7 Å². The maximum Gasteiger partial charge on any atom is 0.338 e. The normalized spacial score (nSPS) is 9.79. The summed E-state index contributed by atoms with van der Waals surface area (Å²) >= 11 is 0. The minimum atomic E-state index is -0.726. The molecule has 0 bridgehead atoms. The number of allylic oxidation sites excluding steroid dienone is 1. The summed E-state index contributed by atoms with van der Waals surface area (Å²) in [6, 6.07) is 8.29. The minimum Gasteiger partial charge on any atom is -0.462 e. The highest BCUT2D eigenvalue weighted by molar-refractivity contribution is 5.91. The third-order valence-corrected chi connectivity index (χ3v) is 3.24. The molecule has 0 amide bonds. The topological polar surface area (TPSA) is 26.3 Å². The summed E-state index contributed by atoms with van der Waals surface area (Å²) in [6.45, 7) is 5.66. The number of esters is 1. The lowest BCUT2D eigenvalue weighted by molar-refractivity contribution is 0.0525. The van der Waals surface area contributed by atoms with Gasteiger partial charge in [-0.2, -0.15) is 0 Å². The summed E-state index contributed by atoms with van der Waals surface area (Å²) in [6.07, 6.45) is 2.21. The van der Waals surface area contributed by atoms with E-state index in [1.165, 1.54) is 6.07 Å². The molecule has 0 fully saturated rings. The second-order valence-electron chi connectivity index (χ2n) is 4.96. The van der Waals surface area contributed by atoms with Crippen LogP contribution in [0.2, 0.25) is 0 Å². The number of rotatable bonds is 4. The Balaban J connectivity index is 2.38. The molecule has 0 heterocycles. The number of benzene rings is 2. The fraction of sp³-hybridized carbons (Fsp3) is 0.150. The molecule has 0 saturated heterocycles. The van der Waals surface area contributed by atoms with E-state index in [4.69, 9.17) is 4.74 Å². The third kappa shape index (κ3) is 4.30. The number of carbonyl (C=O) groups is 1. The number of hydrogen-bond donors (Lipinski definition) is 0. The molecule has 0 saturated carbocycles. The molecule has 0 unspecified atom stereocenters. The summed E-state index contributed by atoms with van der Waals surface area (Å²) in [5.74, 6) is 3.60. The molecular weight excluding hydrogens is 310 g/mol. The molecule has 0 aliphatic rings. The molecule has 0 aliphatic carbocycles. The van der Waals surface area contributed by atoms with Gasteiger partial charge < -0.3 is 4.74 Å². The van der Waals surface area contributed by atoms with Gasteiger partial charge in [-0.3, -0.25) is 0 Å². The molecule has 0 aromatic heterocycles. The molecule has 2 rings (SSSR count). The summed E-state index contributed by atoms with van der Waals surface area (Å²) in [5, 5.41) is 0. The van der Waals surface area contributed by atoms with Crippen LogP contribution in [0.3, 0.4) is 0 Å². The monoisotopic (exact) mass is 326 g/mol. The zero-order chi connectivity index (χ0) is 17.5. The van der Waals surface area contributed by atoms with Crippen molar-refractivity contribution in [2.45, 2.75) is 13.3 Å². The molecule has 24 heavy (non-hydrogen) atoms. The molecular formula is C20H16F2O2. The first-order chi connectivity index (χ1) is 11.5. The van der Waals surface area contributed by atoms with Gasteiger partial charge in [-0.05, 0) is 43.2 Å². The lowest BCUT2D eigenvalue weighted by atomic mass is 10.0. The van der Waals surface area contributed by atoms with Gasteiger partial charge in [0.15, 0.2) is 0 Å². The Kier molecular flexibility index (Phi) is 5.86. The van der Waals surface area contributed by atoms with E-state index in [2.05, 4.69) is 18.4 Å². The lowest BCUT2D eigenvalue weighted by Gasteiger charge is -2.07. The molecule has 2 nitrogen and oxygen atoms in total. The standard InChI is InChI=1S/C20H16F2O2/c1-3-5-15-8-6-14(12-18(15)20(23)24-4-2)7-9-16-10-11-17(21)13-19(16)22/h3,6,8,10-13H,1,4-5H2,2H3. The molecule has 122 valence electrons. The Labute approximate surface area is 139 Å². The number of halogens is 2. The Bertz CT molecular complexity index is 829. The summed E-state index contributed by atoms with van der Waals surface area (Å²) in [7, 11) is 0. The van der Waals surface area contributed by atoms with E-state index in [9.17, 15) is 13.6 Å². The molecule has 0 atom stereocenters. The summed E-state index contributed by atoms with van der Waals surface area (Å²) in [4.78, 5) is 12.1. The molecule has 2 aromatic carbocycles. The van der Waals surface area contributed by atoms with Crippen molar-refractivity contribution in [3.8, 4) is 11.8 Å². The first-order valence-electron chi connectivity index (χ1n) is 7.43. The van der Waals surface area contributed by atoms with Crippen LogP contribution in [0.15, 0.2) is 49.1 Å². The van der Waals surface area contributed by atoms with Crippen LogP contribution in [0, 0.1) is 23.5 Å². The number of carbonyl (C=O) groups excluding carboxylic acids is 1. The van der Waals surface area contributed by atoms with Crippen LogP contribution >= 0.6 is 0 Å². The quantitative estimate of drug-likeness (QED) is 0.476. The maximum atomic E-state index is 13.6. The molecule has 0 aliphatic heterocycles. The van der Waals surface area contributed by atoms with E-state index in [-0.39, 0.29) is 12.2 Å². The largest absolute Gasteiger partial charge is 0.462 e. The van der Waals surface area contributed by atoms with Gasteiger partial charge in [0.2, 0.25) is 0 Å². The van der Waals surface area contributed by atoms with E-state index in [0.717, 1.165) is 17.7 Å². The van der Waals surface area contributed by atoms with E-state index in [1.807, 2.05) is 0 Å². The van der Waals surface area contributed by atoms with Crippen molar-refractivity contribution in [2.24, 2.45) is 0 Å². The summed E-state index contributed by atoms with van der Waals surface area (Å²) in [5.41, 5.74) is 1.81. The van der Waals surface area contributed by atoms with Crippen LogP contribution in [0.5, 0.6) is 0 Å². The highest BCUT2D eigenvalue weighted by Gasteiger charge is 2.12. The first kappa shape index (κ1) is 17.4. The second kappa shape index (κ2) is 8.07. The molecule has 0 N–H and O–H groups in total. The fourth-order valence-electron chi connectivity index (χ4n) is 2.12. The zero-order valence-corrected chi connectivity index (χ0v) is 13.2. The Hall–Kier alpha value is -2.93. The Morgan fingerprint density at radius 3 is 2.67 bits per heavy atom. The fourth-order valence-corrected chi connectivity index (χ4v) is 2.12. The van der Waals surface area contributed by atoms with Gasteiger partial charge in [-0.1, -0.05) is 24.0 Å². The lowest BCUT2D eigenvalue weighted by Crippen LogP contribution is -2.08. The van der Waals surface area contributed by atoms with Crippen LogP contribution in [0.4, 0.5) is 8.78 Å². The highest BCUT2D eigenvalue weighted by atomic mass is 19.1. The Morgan fingerprint density at radius 1 is 1.21 bits per heavy atom. The van der Waals surface area contributed by atoms with Crippen LogP contribution in [0.25, 0.3) is 0 Å². The Morgan fingerprint density at radius 2 is 2.00 bits per heavy atom. The van der Waals surface area contributed by atoms with Gasteiger partial charge in [0.1, 0.15) is 11.6 Å². The predicted octanol–water partition coefficient (Wildman–Crippen LogP) is 4.27. The second-order valence-corrected chi connectivity index (χ2v) is 4.96. The van der Waals surface area contributed by atoms with Crippen molar-refractivity contribution in [2.75, 3.05) is 6.61 Å². The average Bonchev–Trinajstić information content (AvgIpc) is 2.55. The van der Waals surface area contributed by atoms with Crippen LogP contribution in [0.1, 0.15) is 34.0 Å². The number of hydrogen-bond acceptors (Lipinski definition) is 2. The SMILES string of the molecule is C=CCc1ccc(C#Cc2ccc(F)cc2F)cc1C(=O)OCC. The van der Waals surface area contributed by atoms with Gasteiger partial charge in [-0.15, -0.1) is 6.58 Å². The van der Waals surface area contributed by atoms with Crippen molar-refractivity contribution in [3.63, 3.8) is 0 Å². The van der Waals surface area contributed by atoms with Gasteiger partial charge >= 0.3 is 5.97 Å². The molecule has 0 radical (unpaired) electrons. The summed E-state index contributed by atoms with van der Waals surface area (Å²) < 4.78 is 31.5. The first-order valence-corrected chi connectivity index (χ1v) is 7.43. The van der Waals surface area contributed by atoms with Crippen LogP contribution in [-0.4, -0.2) is 12.6 Å². The van der Waals surface area contributed by atoms with Crippen molar-refractivity contribution in [3.05, 3.63) is 82.9 Å². The van der Waals surface area contributed by atoms with Crippen molar-refractivity contribution in [1.82, 2.24) is 0 Å². The van der Waals surface area contributed by atoms with Crippen LogP contribution < -0.4 is 0 Å².